The number of urea groups is 1. The number of hydrogen-bond acceptors (Lipinski definition) is 7. The number of hydrazine groups is 1. The largest absolute Gasteiger partial charge is 0.465 e. The molecule has 1 saturated carbocycles. The zero-order valence-electron chi connectivity index (χ0n) is 14.3. The van der Waals surface area contributed by atoms with Gasteiger partial charge in [0.15, 0.2) is 0 Å². The standard InChI is InChI=1S/C15H19N3O6S2/c1-9-8-25-10(12(19)24-2)11(9)26(22,23)17-18-13(20)15(16-14(18)21)6-4-3-5-7-15/h8,17H,3-7H2,1-2H3,(H,16,21). The molecule has 11 heteroatoms. The molecule has 0 bridgehead atoms. The zero-order valence-corrected chi connectivity index (χ0v) is 16.0. The average Bonchev–Trinajstić information content (AvgIpc) is 3.09. The summed E-state index contributed by atoms with van der Waals surface area (Å²) >= 11 is 0.919. The summed E-state index contributed by atoms with van der Waals surface area (Å²) in [6, 6.07) is -0.812. The Hall–Kier alpha value is -1.98. The number of nitrogens with zero attached hydrogens (tertiary/aromatic N) is 1. The smallest absolute Gasteiger partial charge is 0.349 e. The summed E-state index contributed by atoms with van der Waals surface area (Å²) < 4.78 is 30.2. The summed E-state index contributed by atoms with van der Waals surface area (Å²) in [7, 11) is -3.19. The van der Waals surface area contributed by atoms with Gasteiger partial charge in [-0.2, -0.15) is 5.01 Å². The minimum absolute atomic E-state index is 0.114. The summed E-state index contributed by atoms with van der Waals surface area (Å²) in [5.41, 5.74) is -0.727. The number of esters is 1. The summed E-state index contributed by atoms with van der Waals surface area (Å²) in [6.07, 6.45) is 3.47. The Morgan fingerprint density at radius 1 is 1.31 bits per heavy atom. The van der Waals surface area contributed by atoms with Crippen molar-refractivity contribution in [1.82, 2.24) is 15.2 Å². The first-order chi connectivity index (χ1) is 12.2. The summed E-state index contributed by atoms with van der Waals surface area (Å²) in [5.74, 6) is -1.41. The summed E-state index contributed by atoms with van der Waals surface area (Å²) in [4.78, 5) is 38.4. The molecule has 3 amide bonds. The highest BCUT2D eigenvalue weighted by molar-refractivity contribution is 7.89. The van der Waals surface area contributed by atoms with Gasteiger partial charge in [-0.05, 0) is 30.7 Å². The van der Waals surface area contributed by atoms with Gasteiger partial charge in [-0.1, -0.05) is 19.3 Å². The van der Waals surface area contributed by atoms with E-state index in [-0.39, 0.29) is 9.77 Å². The number of amides is 3. The first-order valence-electron chi connectivity index (χ1n) is 8.07. The summed E-state index contributed by atoms with van der Waals surface area (Å²) in [6.45, 7) is 1.52. The van der Waals surface area contributed by atoms with E-state index in [0.29, 0.717) is 23.4 Å². The fourth-order valence-corrected chi connectivity index (χ4v) is 6.08. The maximum Gasteiger partial charge on any atom is 0.349 e. The molecule has 2 fully saturated rings. The lowest BCUT2D eigenvalue weighted by Gasteiger charge is -2.30. The van der Waals surface area contributed by atoms with Crippen LogP contribution in [0.2, 0.25) is 0 Å². The molecule has 1 saturated heterocycles. The van der Waals surface area contributed by atoms with Gasteiger partial charge in [0.1, 0.15) is 15.3 Å². The predicted octanol–water partition coefficient (Wildman–Crippen LogP) is 1.29. The van der Waals surface area contributed by atoms with Crippen LogP contribution < -0.4 is 10.1 Å². The molecule has 2 heterocycles. The minimum Gasteiger partial charge on any atom is -0.465 e. The molecular weight excluding hydrogens is 382 g/mol. The SMILES string of the molecule is COC(=O)c1scc(C)c1S(=O)(=O)NN1C(=O)NC2(CCCCC2)C1=O. The highest BCUT2D eigenvalue weighted by Gasteiger charge is 2.53. The Labute approximate surface area is 154 Å². The van der Waals surface area contributed by atoms with Crippen LogP contribution in [0.3, 0.4) is 0 Å². The lowest BCUT2D eigenvalue weighted by molar-refractivity contribution is -0.133. The van der Waals surface area contributed by atoms with Gasteiger partial charge >= 0.3 is 12.0 Å². The normalized spacial score (nSPS) is 19.7. The zero-order chi connectivity index (χ0) is 19.1. The third-order valence-corrected chi connectivity index (χ3v) is 7.33. The van der Waals surface area contributed by atoms with E-state index in [9.17, 15) is 22.8 Å². The van der Waals surface area contributed by atoms with Crippen LogP contribution in [-0.2, 0) is 19.6 Å². The maximum atomic E-state index is 12.8. The molecular formula is C15H19N3O6S2. The molecule has 2 N–H and O–H groups in total. The van der Waals surface area contributed by atoms with Crippen LogP contribution in [0.1, 0.15) is 47.3 Å². The highest BCUT2D eigenvalue weighted by atomic mass is 32.2. The summed E-state index contributed by atoms with van der Waals surface area (Å²) in [5, 5.41) is 4.62. The number of carbonyl (C=O) groups is 3. The van der Waals surface area contributed by atoms with Crippen molar-refractivity contribution in [3.8, 4) is 0 Å². The molecule has 1 aliphatic heterocycles. The molecule has 0 aromatic carbocycles. The van der Waals surface area contributed by atoms with Gasteiger partial charge in [-0.15, -0.1) is 16.2 Å². The second-order valence-electron chi connectivity index (χ2n) is 6.38. The van der Waals surface area contributed by atoms with E-state index >= 15 is 0 Å². The Morgan fingerprint density at radius 3 is 2.58 bits per heavy atom. The van der Waals surface area contributed by atoms with Crippen molar-refractivity contribution < 1.29 is 27.5 Å². The van der Waals surface area contributed by atoms with Crippen LogP contribution in [0.4, 0.5) is 4.79 Å². The van der Waals surface area contributed by atoms with Gasteiger partial charge in [-0.25, -0.2) is 18.0 Å². The van der Waals surface area contributed by atoms with Crippen molar-refractivity contribution in [2.24, 2.45) is 0 Å². The topological polar surface area (TPSA) is 122 Å². The number of aryl methyl sites for hydroxylation is 1. The van der Waals surface area contributed by atoms with Gasteiger partial charge in [0.2, 0.25) is 0 Å². The van der Waals surface area contributed by atoms with E-state index in [2.05, 4.69) is 10.1 Å². The van der Waals surface area contributed by atoms with Crippen molar-refractivity contribution in [3.63, 3.8) is 0 Å². The van der Waals surface area contributed by atoms with Gasteiger partial charge in [-0.3, -0.25) is 4.79 Å². The number of thiophene rings is 1. The van der Waals surface area contributed by atoms with Gasteiger partial charge in [0, 0.05) is 0 Å². The average molecular weight is 401 g/mol. The number of rotatable bonds is 4. The molecule has 3 rings (SSSR count). The number of hydrogen-bond donors (Lipinski definition) is 2. The highest BCUT2D eigenvalue weighted by Crippen LogP contribution is 2.34. The van der Waals surface area contributed by atoms with Crippen molar-refractivity contribution in [2.45, 2.75) is 49.5 Å². The number of ether oxygens (including phenoxy) is 1. The van der Waals surface area contributed by atoms with Gasteiger partial charge in [0.25, 0.3) is 15.9 Å². The third kappa shape index (κ3) is 2.99. The maximum absolute atomic E-state index is 12.8. The van der Waals surface area contributed by atoms with Crippen LogP contribution >= 0.6 is 11.3 Å². The molecule has 1 spiro atoms. The number of carbonyl (C=O) groups excluding carboxylic acids is 3. The van der Waals surface area contributed by atoms with E-state index in [1.807, 2.05) is 4.83 Å². The minimum atomic E-state index is -4.33. The first-order valence-corrected chi connectivity index (χ1v) is 10.4. The van der Waals surface area contributed by atoms with Crippen LogP contribution in [0, 0.1) is 6.92 Å². The number of nitrogens with one attached hydrogen (secondary N) is 2. The molecule has 2 aliphatic rings. The van der Waals surface area contributed by atoms with E-state index < -0.39 is 33.5 Å². The van der Waals surface area contributed by atoms with Crippen molar-refractivity contribution in [1.29, 1.82) is 0 Å². The van der Waals surface area contributed by atoms with Crippen LogP contribution in [0.25, 0.3) is 0 Å². The number of imide groups is 1. The first kappa shape index (κ1) is 18.8. The predicted molar refractivity (Wildman–Crippen MR) is 91.9 cm³/mol. The van der Waals surface area contributed by atoms with E-state index in [0.717, 1.165) is 37.7 Å². The fraction of sp³-hybridized carbons (Fsp3) is 0.533. The Bertz CT molecular complexity index is 870. The second-order valence-corrected chi connectivity index (χ2v) is 8.85. The van der Waals surface area contributed by atoms with Gasteiger partial charge in [0.05, 0.1) is 7.11 Å². The lowest BCUT2D eigenvalue weighted by atomic mass is 9.82. The molecule has 1 aromatic rings. The Kier molecular flexibility index (Phi) is 4.80. The number of methoxy groups -OCH3 is 1. The third-order valence-electron chi connectivity index (χ3n) is 4.64. The van der Waals surface area contributed by atoms with E-state index in [1.165, 1.54) is 12.3 Å². The molecule has 1 aliphatic carbocycles. The van der Waals surface area contributed by atoms with Crippen molar-refractivity contribution in [2.75, 3.05) is 7.11 Å². The fourth-order valence-electron chi connectivity index (χ4n) is 3.36. The monoisotopic (exact) mass is 401 g/mol. The Balaban J connectivity index is 1.91. The molecule has 1 aromatic heterocycles. The molecule has 0 radical (unpaired) electrons. The van der Waals surface area contributed by atoms with E-state index in [1.54, 1.807) is 0 Å². The van der Waals surface area contributed by atoms with Crippen LogP contribution in [-0.4, -0.2) is 44.0 Å². The van der Waals surface area contributed by atoms with Crippen LogP contribution in [0.15, 0.2) is 10.3 Å². The number of sulfonamides is 1. The van der Waals surface area contributed by atoms with Crippen LogP contribution in [0.5, 0.6) is 0 Å². The molecule has 0 unspecified atom stereocenters. The molecule has 142 valence electrons. The Morgan fingerprint density at radius 2 is 1.96 bits per heavy atom. The lowest BCUT2D eigenvalue weighted by Crippen LogP contribution is -2.51. The van der Waals surface area contributed by atoms with E-state index in [4.69, 9.17) is 0 Å². The van der Waals surface area contributed by atoms with Gasteiger partial charge < -0.3 is 10.1 Å². The molecule has 9 nitrogen and oxygen atoms in total. The quantitative estimate of drug-likeness (QED) is 0.579. The second kappa shape index (κ2) is 6.63. The van der Waals surface area contributed by atoms with Crippen molar-refractivity contribution >= 4 is 39.3 Å². The molecule has 26 heavy (non-hydrogen) atoms. The molecule has 0 atom stereocenters. The van der Waals surface area contributed by atoms with Crippen molar-refractivity contribution in [3.05, 3.63) is 15.8 Å².